The van der Waals surface area contributed by atoms with Gasteiger partial charge in [0.2, 0.25) is 0 Å². The average molecular weight is 1110 g/mol. The van der Waals surface area contributed by atoms with E-state index in [0.29, 0.717) is 19.3 Å². The molecule has 0 bridgehead atoms. The van der Waals surface area contributed by atoms with Gasteiger partial charge in [0.1, 0.15) is 13.2 Å². The van der Waals surface area contributed by atoms with Crippen LogP contribution in [0.25, 0.3) is 0 Å². The second-order valence-electron chi connectivity index (χ2n) is 22.0. The lowest BCUT2D eigenvalue weighted by Gasteiger charge is -2.18. The fourth-order valence-electron chi connectivity index (χ4n) is 9.20. The summed E-state index contributed by atoms with van der Waals surface area (Å²) in [4.78, 5) is 38.0. The molecule has 0 spiro atoms. The van der Waals surface area contributed by atoms with Gasteiger partial charge in [-0.1, -0.05) is 296 Å². The van der Waals surface area contributed by atoms with Crippen molar-refractivity contribution in [3.63, 3.8) is 0 Å². The lowest BCUT2D eigenvalue weighted by molar-refractivity contribution is -0.167. The highest BCUT2D eigenvalue weighted by Gasteiger charge is 2.19. The van der Waals surface area contributed by atoms with E-state index in [9.17, 15) is 14.4 Å². The van der Waals surface area contributed by atoms with Crippen molar-refractivity contribution in [3.05, 3.63) is 122 Å². The molecule has 0 aromatic rings. The van der Waals surface area contributed by atoms with Crippen LogP contribution in [0.2, 0.25) is 0 Å². The van der Waals surface area contributed by atoms with E-state index in [1.54, 1.807) is 0 Å². The van der Waals surface area contributed by atoms with Gasteiger partial charge < -0.3 is 14.2 Å². The average Bonchev–Trinajstić information content (AvgIpc) is 3.46. The monoisotopic (exact) mass is 1110 g/mol. The zero-order valence-corrected chi connectivity index (χ0v) is 52.3. The minimum absolute atomic E-state index is 0.0821. The number of hydrogen-bond acceptors (Lipinski definition) is 6. The van der Waals surface area contributed by atoms with Crippen molar-refractivity contribution >= 4 is 17.9 Å². The summed E-state index contributed by atoms with van der Waals surface area (Å²) in [6.45, 7) is 6.47. The molecule has 0 aromatic heterocycles. The first-order chi connectivity index (χ1) is 39.5. The summed E-state index contributed by atoms with van der Waals surface area (Å²) in [5.74, 6) is -0.900. The Kier molecular flexibility index (Phi) is 63.8. The number of carbonyl (C=O) groups excluding carboxylic acids is 3. The summed E-state index contributed by atoms with van der Waals surface area (Å²) in [7, 11) is 0. The molecule has 6 nitrogen and oxygen atoms in total. The predicted molar refractivity (Wildman–Crippen MR) is 348 cm³/mol. The summed E-state index contributed by atoms with van der Waals surface area (Å²) in [6.07, 6.45) is 93.9. The van der Waals surface area contributed by atoms with E-state index in [2.05, 4.69) is 142 Å². The first-order valence-corrected chi connectivity index (χ1v) is 33.5. The van der Waals surface area contributed by atoms with Gasteiger partial charge in [-0.15, -0.1) is 0 Å². The molecule has 0 aromatic carbocycles. The molecular formula is C74H124O6. The van der Waals surface area contributed by atoms with Gasteiger partial charge in [0.25, 0.3) is 0 Å². The largest absolute Gasteiger partial charge is 0.462 e. The SMILES string of the molecule is CC/C=C\C/C=C\C/C=C\C/C=C\C/C=C\C/C=C\C/C=C\C/C=C\C/C=C\CCCCCCCCCC(=O)OCC(COC(=O)CCCCCCCC)OC(=O)CCCCCCCCCCC/C=C\CCCCCCCCCC. The van der Waals surface area contributed by atoms with Gasteiger partial charge in [0.05, 0.1) is 0 Å². The molecule has 1 unspecified atom stereocenters. The molecule has 0 aliphatic heterocycles. The summed E-state index contributed by atoms with van der Waals surface area (Å²) in [5, 5.41) is 0. The van der Waals surface area contributed by atoms with Crippen LogP contribution in [0.4, 0.5) is 0 Å². The number of rotatable bonds is 60. The Hall–Kier alpha value is -4.19. The van der Waals surface area contributed by atoms with Crippen LogP contribution in [-0.4, -0.2) is 37.2 Å². The molecule has 1 atom stereocenters. The highest BCUT2D eigenvalue weighted by molar-refractivity contribution is 5.71. The van der Waals surface area contributed by atoms with Gasteiger partial charge in [-0.2, -0.15) is 0 Å². The Labute approximate surface area is 494 Å². The van der Waals surface area contributed by atoms with Crippen LogP contribution in [0.15, 0.2) is 122 Å². The van der Waals surface area contributed by atoms with Crippen molar-refractivity contribution in [3.8, 4) is 0 Å². The van der Waals surface area contributed by atoms with Crippen LogP contribution in [-0.2, 0) is 28.6 Å². The molecular weight excluding hydrogens is 985 g/mol. The Bertz CT molecular complexity index is 1650. The number of esters is 3. The van der Waals surface area contributed by atoms with Gasteiger partial charge in [-0.3, -0.25) is 14.4 Å². The topological polar surface area (TPSA) is 78.9 Å². The summed E-state index contributed by atoms with van der Waals surface area (Å²) in [6, 6.07) is 0. The molecule has 0 rings (SSSR count). The molecule has 0 amide bonds. The van der Waals surface area contributed by atoms with Crippen molar-refractivity contribution in [2.24, 2.45) is 0 Å². The lowest BCUT2D eigenvalue weighted by atomic mass is 10.1. The predicted octanol–water partition coefficient (Wildman–Crippen LogP) is 23.2. The number of carbonyl (C=O) groups is 3. The normalized spacial score (nSPS) is 12.9. The maximum Gasteiger partial charge on any atom is 0.306 e. The molecule has 0 aliphatic rings. The Balaban J connectivity index is 4.11. The molecule has 0 fully saturated rings. The maximum atomic E-state index is 12.9. The summed E-state index contributed by atoms with van der Waals surface area (Å²) < 4.78 is 16.8. The Morgan fingerprint density at radius 2 is 0.487 bits per heavy atom. The van der Waals surface area contributed by atoms with Crippen molar-refractivity contribution < 1.29 is 28.6 Å². The van der Waals surface area contributed by atoms with Crippen LogP contribution < -0.4 is 0 Å². The highest BCUT2D eigenvalue weighted by atomic mass is 16.6. The molecule has 0 saturated heterocycles. The van der Waals surface area contributed by atoms with Crippen LogP contribution in [0.3, 0.4) is 0 Å². The third kappa shape index (κ3) is 64.6. The zero-order chi connectivity index (χ0) is 57.8. The second-order valence-corrected chi connectivity index (χ2v) is 22.0. The van der Waals surface area contributed by atoms with Gasteiger partial charge in [0, 0.05) is 19.3 Å². The molecule has 80 heavy (non-hydrogen) atoms. The molecule has 0 N–H and O–H groups in total. The van der Waals surface area contributed by atoms with E-state index in [-0.39, 0.29) is 31.1 Å². The van der Waals surface area contributed by atoms with Gasteiger partial charge >= 0.3 is 17.9 Å². The fourth-order valence-corrected chi connectivity index (χ4v) is 9.20. The first-order valence-electron chi connectivity index (χ1n) is 33.5. The van der Waals surface area contributed by atoms with E-state index in [1.807, 2.05) is 0 Å². The van der Waals surface area contributed by atoms with Crippen molar-refractivity contribution in [1.29, 1.82) is 0 Å². The molecule has 0 aliphatic carbocycles. The third-order valence-corrected chi connectivity index (χ3v) is 14.2. The van der Waals surface area contributed by atoms with E-state index >= 15 is 0 Å². The van der Waals surface area contributed by atoms with Gasteiger partial charge in [0.15, 0.2) is 6.10 Å². The molecule has 6 heteroatoms. The van der Waals surface area contributed by atoms with E-state index in [0.717, 1.165) is 122 Å². The van der Waals surface area contributed by atoms with E-state index < -0.39 is 6.10 Å². The third-order valence-electron chi connectivity index (χ3n) is 14.2. The van der Waals surface area contributed by atoms with Crippen molar-refractivity contribution in [2.45, 2.75) is 316 Å². The zero-order valence-electron chi connectivity index (χ0n) is 52.3. The number of hydrogen-bond donors (Lipinski definition) is 0. The quantitative estimate of drug-likeness (QED) is 0.0261. The molecule has 456 valence electrons. The van der Waals surface area contributed by atoms with Gasteiger partial charge in [-0.25, -0.2) is 0 Å². The fraction of sp³-hybridized carbons (Fsp3) is 0.689. The molecule has 0 saturated carbocycles. The maximum absolute atomic E-state index is 12.9. The smallest absolute Gasteiger partial charge is 0.306 e. The van der Waals surface area contributed by atoms with Crippen LogP contribution in [0, 0.1) is 0 Å². The minimum atomic E-state index is -0.783. The lowest BCUT2D eigenvalue weighted by Crippen LogP contribution is -2.30. The van der Waals surface area contributed by atoms with Crippen LogP contribution in [0.1, 0.15) is 310 Å². The number of unbranched alkanes of at least 4 members (excludes halogenated alkanes) is 29. The summed E-state index contributed by atoms with van der Waals surface area (Å²) >= 11 is 0. The molecule has 0 radical (unpaired) electrons. The summed E-state index contributed by atoms with van der Waals surface area (Å²) in [5.41, 5.74) is 0. The van der Waals surface area contributed by atoms with Crippen LogP contribution >= 0.6 is 0 Å². The first kappa shape index (κ1) is 75.8. The van der Waals surface area contributed by atoms with Crippen LogP contribution in [0.5, 0.6) is 0 Å². The molecule has 0 heterocycles. The van der Waals surface area contributed by atoms with Crippen molar-refractivity contribution in [1.82, 2.24) is 0 Å². The van der Waals surface area contributed by atoms with E-state index in [4.69, 9.17) is 14.2 Å². The highest BCUT2D eigenvalue weighted by Crippen LogP contribution is 2.16. The second kappa shape index (κ2) is 67.3. The number of ether oxygens (including phenoxy) is 3. The Morgan fingerprint density at radius 3 is 0.775 bits per heavy atom. The standard InChI is InChI=1S/C74H124O6/c1-4-7-10-13-16-18-20-22-24-26-28-30-31-32-33-34-35-36-37-38-39-40-41-42-43-45-46-48-50-52-54-56-58-61-64-67-73(76)79-70-71(69-78-72(75)66-63-60-15-12-9-6-3)80-74(77)68-65-62-59-57-55-53-51-49-47-44-29-27-25-23-21-19-17-14-11-8-5-2/h7,10,16,18,22,24,27-30,32-33,35-36,38-39,41-42,45-46,71H,4-6,8-9,11-15,17,19-21,23,25-26,31,34,37,40,43-44,47-70H2,1-3H3/b10-7-,18-16-,24-22-,29-27-,30-28-,33-32-,36-35-,39-38-,42-41-,46-45-. The number of allylic oxidation sites excluding steroid dienone is 20. The van der Waals surface area contributed by atoms with E-state index in [1.165, 1.54) is 148 Å². The van der Waals surface area contributed by atoms with Gasteiger partial charge in [-0.05, 0) is 116 Å². The van der Waals surface area contributed by atoms with Crippen molar-refractivity contribution in [2.75, 3.05) is 13.2 Å². The minimum Gasteiger partial charge on any atom is -0.462 e. The Morgan fingerprint density at radius 1 is 0.263 bits per heavy atom.